The summed E-state index contributed by atoms with van der Waals surface area (Å²) in [6.07, 6.45) is 1.67. The number of piperazine rings is 1. The van der Waals surface area contributed by atoms with E-state index >= 15 is 0 Å². The SMILES string of the molecule is Cn1c(N2CCC[C@@H](C(=O)NCCN3CCN(c4ccccc4)CC3)C2)cc(=O)n(C)c1=O. The van der Waals surface area contributed by atoms with E-state index in [1.165, 1.54) is 23.4 Å². The molecule has 0 spiro atoms. The lowest BCUT2D eigenvalue weighted by molar-refractivity contribution is -0.125. The third-order valence-corrected chi connectivity index (χ3v) is 6.84. The lowest BCUT2D eigenvalue weighted by Crippen LogP contribution is -2.50. The van der Waals surface area contributed by atoms with Crippen LogP contribution in [-0.2, 0) is 18.9 Å². The lowest BCUT2D eigenvalue weighted by atomic mass is 9.97. The van der Waals surface area contributed by atoms with Crippen LogP contribution in [0.3, 0.4) is 0 Å². The summed E-state index contributed by atoms with van der Waals surface area (Å²) in [7, 11) is 3.14. The third-order valence-electron chi connectivity index (χ3n) is 6.84. The number of amides is 1. The molecule has 1 aromatic heterocycles. The van der Waals surface area contributed by atoms with Crippen LogP contribution < -0.4 is 26.4 Å². The normalized spacial score (nSPS) is 19.5. The minimum Gasteiger partial charge on any atom is -0.369 e. The Morgan fingerprint density at radius 3 is 2.42 bits per heavy atom. The summed E-state index contributed by atoms with van der Waals surface area (Å²) in [5.74, 6) is 0.487. The highest BCUT2D eigenvalue weighted by atomic mass is 16.2. The van der Waals surface area contributed by atoms with Gasteiger partial charge in [-0.25, -0.2) is 4.79 Å². The van der Waals surface area contributed by atoms with Crippen molar-refractivity contribution in [3.8, 4) is 0 Å². The number of hydrogen-bond acceptors (Lipinski definition) is 6. The largest absolute Gasteiger partial charge is 0.369 e. The second-order valence-corrected chi connectivity index (χ2v) is 8.98. The zero-order valence-electron chi connectivity index (χ0n) is 19.6. The smallest absolute Gasteiger partial charge is 0.332 e. The summed E-state index contributed by atoms with van der Waals surface area (Å²) in [5.41, 5.74) is 0.588. The van der Waals surface area contributed by atoms with Crippen LogP contribution in [0.2, 0.25) is 0 Å². The van der Waals surface area contributed by atoms with E-state index in [0.717, 1.165) is 56.7 Å². The number of carbonyl (C=O) groups is 1. The molecule has 1 atom stereocenters. The zero-order valence-corrected chi connectivity index (χ0v) is 19.6. The van der Waals surface area contributed by atoms with Gasteiger partial charge in [-0.05, 0) is 25.0 Å². The van der Waals surface area contributed by atoms with Gasteiger partial charge >= 0.3 is 5.69 Å². The van der Waals surface area contributed by atoms with E-state index < -0.39 is 0 Å². The highest BCUT2D eigenvalue weighted by Gasteiger charge is 2.27. The number of benzene rings is 1. The van der Waals surface area contributed by atoms with Gasteiger partial charge in [0.1, 0.15) is 5.82 Å². The molecule has 9 heteroatoms. The molecule has 1 N–H and O–H groups in total. The summed E-state index contributed by atoms with van der Waals surface area (Å²) in [6.45, 7) is 6.67. The van der Waals surface area contributed by atoms with Gasteiger partial charge in [0.2, 0.25) is 5.91 Å². The fourth-order valence-corrected chi connectivity index (χ4v) is 4.77. The molecule has 1 aromatic carbocycles. The zero-order chi connectivity index (χ0) is 23.4. The van der Waals surface area contributed by atoms with Crippen molar-refractivity contribution >= 4 is 17.4 Å². The number of aromatic nitrogens is 2. The Hall–Kier alpha value is -3.07. The Morgan fingerprint density at radius 2 is 1.70 bits per heavy atom. The first-order chi connectivity index (χ1) is 15.9. The molecule has 2 fully saturated rings. The summed E-state index contributed by atoms with van der Waals surface area (Å²) in [6, 6.07) is 12.0. The van der Waals surface area contributed by atoms with Crippen LogP contribution in [0.25, 0.3) is 0 Å². The van der Waals surface area contributed by atoms with Crippen molar-refractivity contribution in [1.82, 2.24) is 19.4 Å². The van der Waals surface area contributed by atoms with Crippen LogP contribution >= 0.6 is 0 Å². The van der Waals surface area contributed by atoms with E-state index in [4.69, 9.17) is 0 Å². The highest BCUT2D eigenvalue weighted by Crippen LogP contribution is 2.21. The van der Waals surface area contributed by atoms with Crippen molar-refractivity contribution < 1.29 is 4.79 Å². The topological polar surface area (TPSA) is 82.8 Å². The molecule has 2 aromatic rings. The first-order valence-corrected chi connectivity index (χ1v) is 11.8. The molecule has 2 aliphatic rings. The van der Waals surface area contributed by atoms with Crippen LogP contribution in [0.4, 0.5) is 11.5 Å². The first kappa shape index (κ1) is 23.1. The molecule has 1 amide bonds. The summed E-state index contributed by atoms with van der Waals surface area (Å²) in [4.78, 5) is 44.0. The monoisotopic (exact) mass is 454 g/mol. The van der Waals surface area contributed by atoms with Crippen molar-refractivity contribution in [2.75, 3.05) is 62.2 Å². The van der Waals surface area contributed by atoms with Gasteiger partial charge in [0.15, 0.2) is 0 Å². The van der Waals surface area contributed by atoms with Crippen LogP contribution in [0.15, 0.2) is 46.0 Å². The van der Waals surface area contributed by atoms with Gasteiger partial charge < -0.3 is 15.1 Å². The van der Waals surface area contributed by atoms with Crippen molar-refractivity contribution in [3.05, 3.63) is 57.2 Å². The molecule has 0 saturated carbocycles. The van der Waals surface area contributed by atoms with E-state index in [1.807, 2.05) is 11.0 Å². The van der Waals surface area contributed by atoms with Crippen LogP contribution in [0.1, 0.15) is 12.8 Å². The first-order valence-electron chi connectivity index (χ1n) is 11.8. The highest BCUT2D eigenvalue weighted by molar-refractivity contribution is 5.79. The molecule has 33 heavy (non-hydrogen) atoms. The number of carbonyl (C=O) groups excluding carboxylic acids is 1. The quantitative estimate of drug-likeness (QED) is 0.673. The molecule has 0 unspecified atom stereocenters. The van der Waals surface area contributed by atoms with Gasteiger partial charge in [-0.1, -0.05) is 18.2 Å². The van der Waals surface area contributed by atoms with Gasteiger partial charge in [0.05, 0.1) is 5.92 Å². The minimum atomic E-state index is -0.351. The van der Waals surface area contributed by atoms with E-state index in [0.29, 0.717) is 18.9 Å². The average Bonchev–Trinajstić information content (AvgIpc) is 2.86. The molecule has 4 rings (SSSR count). The molecule has 178 valence electrons. The van der Waals surface area contributed by atoms with Gasteiger partial charge in [0, 0.05) is 78.2 Å². The maximum Gasteiger partial charge on any atom is 0.332 e. The summed E-state index contributed by atoms with van der Waals surface area (Å²) >= 11 is 0. The van der Waals surface area contributed by atoms with E-state index in [-0.39, 0.29) is 23.1 Å². The van der Waals surface area contributed by atoms with Gasteiger partial charge in [0.25, 0.3) is 5.56 Å². The fourth-order valence-electron chi connectivity index (χ4n) is 4.77. The van der Waals surface area contributed by atoms with Crippen LogP contribution in [0.5, 0.6) is 0 Å². The standard InChI is InChI=1S/C24H34N6O3/c1-26-21(17-22(31)27(2)24(26)33)30-11-6-7-19(18-30)23(32)25-10-12-28-13-15-29(16-14-28)20-8-4-3-5-9-20/h3-5,8-9,17,19H,6-7,10-16,18H2,1-2H3,(H,25,32)/t19-/m1/s1. The van der Waals surface area contributed by atoms with Gasteiger partial charge in [-0.3, -0.25) is 23.6 Å². The third kappa shape index (κ3) is 5.30. The maximum atomic E-state index is 12.8. The summed E-state index contributed by atoms with van der Waals surface area (Å²) in [5, 5.41) is 3.11. The van der Waals surface area contributed by atoms with Crippen molar-refractivity contribution in [2.24, 2.45) is 20.0 Å². The molecular weight excluding hydrogens is 420 g/mol. The number of rotatable bonds is 6. The molecular formula is C24H34N6O3. The number of piperidine rings is 1. The van der Waals surface area contributed by atoms with Crippen LogP contribution in [0, 0.1) is 5.92 Å². The number of para-hydroxylation sites is 1. The Balaban J connectivity index is 1.25. The Kier molecular flexibility index (Phi) is 7.17. The van der Waals surface area contributed by atoms with Crippen molar-refractivity contribution in [2.45, 2.75) is 12.8 Å². The Morgan fingerprint density at radius 1 is 0.970 bits per heavy atom. The number of hydrogen-bond donors (Lipinski definition) is 1. The fraction of sp³-hybridized carbons (Fsp3) is 0.542. The lowest BCUT2D eigenvalue weighted by Gasteiger charge is -2.36. The average molecular weight is 455 g/mol. The number of nitrogens with one attached hydrogen (secondary N) is 1. The molecule has 0 bridgehead atoms. The number of anilines is 2. The second-order valence-electron chi connectivity index (χ2n) is 8.98. The van der Waals surface area contributed by atoms with Crippen LogP contribution in [-0.4, -0.2) is 72.3 Å². The Labute approximate surface area is 194 Å². The molecule has 0 aliphatic carbocycles. The summed E-state index contributed by atoms with van der Waals surface area (Å²) < 4.78 is 2.58. The second kappa shape index (κ2) is 10.2. The van der Waals surface area contributed by atoms with Crippen molar-refractivity contribution in [3.63, 3.8) is 0 Å². The minimum absolute atomic E-state index is 0.0523. The Bertz CT molecular complexity index is 1070. The molecule has 0 radical (unpaired) electrons. The predicted octanol–water partition coefficient (Wildman–Crippen LogP) is 0.239. The molecule has 2 aliphatic heterocycles. The maximum absolute atomic E-state index is 12.8. The van der Waals surface area contributed by atoms with E-state index in [2.05, 4.69) is 39.4 Å². The predicted molar refractivity (Wildman–Crippen MR) is 130 cm³/mol. The molecule has 9 nitrogen and oxygen atoms in total. The molecule has 2 saturated heterocycles. The molecule has 3 heterocycles. The number of nitrogens with zero attached hydrogens (tertiary/aromatic N) is 5. The van der Waals surface area contributed by atoms with Gasteiger partial charge in [-0.15, -0.1) is 0 Å². The van der Waals surface area contributed by atoms with E-state index in [9.17, 15) is 14.4 Å². The van der Waals surface area contributed by atoms with E-state index in [1.54, 1.807) is 7.05 Å². The van der Waals surface area contributed by atoms with Gasteiger partial charge in [-0.2, -0.15) is 0 Å². The van der Waals surface area contributed by atoms with Crippen molar-refractivity contribution in [1.29, 1.82) is 0 Å².